The first-order valence-electron chi connectivity index (χ1n) is 4.42. The quantitative estimate of drug-likeness (QED) is 0.629. The smallest absolute Gasteiger partial charge is 0.394 e. The van der Waals surface area contributed by atoms with Crippen LogP contribution in [0.1, 0.15) is 5.56 Å². The Labute approximate surface area is 87.1 Å². The van der Waals surface area contributed by atoms with Crippen LogP contribution in [0, 0.1) is 0 Å². The van der Waals surface area contributed by atoms with Crippen molar-refractivity contribution in [2.24, 2.45) is 0 Å². The Morgan fingerprint density at radius 3 is 2.60 bits per heavy atom. The second kappa shape index (κ2) is 5.11. The highest BCUT2D eigenvalue weighted by molar-refractivity contribution is 6.36. The van der Waals surface area contributed by atoms with Crippen LogP contribution in [0.25, 0.3) is 0 Å². The first-order valence-corrected chi connectivity index (χ1v) is 4.42. The molecule has 0 aliphatic carbocycles. The highest BCUT2D eigenvalue weighted by Gasteiger charge is 2.12. The van der Waals surface area contributed by atoms with Crippen LogP contribution >= 0.6 is 0 Å². The highest BCUT2D eigenvalue weighted by Crippen LogP contribution is 2.14. The Hall–Kier alpha value is -1.88. The molecule has 5 nitrogen and oxygen atoms in total. The summed E-state index contributed by atoms with van der Waals surface area (Å²) in [7, 11) is 1.77. The molecule has 0 aromatic heterocycles. The lowest BCUT2D eigenvalue weighted by molar-refractivity contribution is -0.147. The van der Waals surface area contributed by atoms with Gasteiger partial charge in [0.1, 0.15) is 0 Å². The summed E-state index contributed by atoms with van der Waals surface area (Å²) in [5, 5.41) is 13.7. The number of carbonyl (C=O) groups excluding carboxylic acids is 1. The Balaban J connectivity index is 2.84. The number of carboxylic acid groups (broad SMARTS) is 1. The van der Waals surface area contributed by atoms with E-state index in [1.54, 1.807) is 19.2 Å². The molecule has 0 saturated carbocycles. The molecule has 0 aliphatic rings. The van der Waals surface area contributed by atoms with Gasteiger partial charge in [0, 0.05) is 12.2 Å². The number of anilines is 1. The molecule has 0 saturated heterocycles. The van der Waals surface area contributed by atoms with Crippen LogP contribution < -0.4 is 10.6 Å². The molecule has 0 spiro atoms. The number of hydrogen-bond donors (Lipinski definition) is 3. The SMILES string of the molecule is CNCc1ccccc1NC(=O)C(=O)O. The normalized spacial score (nSPS) is 9.67. The number of para-hydroxylation sites is 1. The second-order valence-corrected chi connectivity index (χ2v) is 2.95. The van der Waals surface area contributed by atoms with E-state index in [1.165, 1.54) is 0 Å². The number of carboxylic acids is 1. The van der Waals surface area contributed by atoms with E-state index in [2.05, 4.69) is 10.6 Å². The Kier molecular flexibility index (Phi) is 3.82. The average Bonchev–Trinajstić information content (AvgIpc) is 2.21. The number of amides is 1. The number of aliphatic carboxylic acids is 1. The molecule has 0 fully saturated rings. The van der Waals surface area contributed by atoms with Crippen molar-refractivity contribution in [1.29, 1.82) is 0 Å². The van der Waals surface area contributed by atoms with Gasteiger partial charge in [0.2, 0.25) is 0 Å². The number of benzene rings is 1. The third-order valence-electron chi connectivity index (χ3n) is 1.83. The standard InChI is InChI=1S/C10H12N2O3/c1-11-6-7-4-2-3-5-8(7)12-9(13)10(14)15/h2-5,11H,6H2,1H3,(H,12,13)(H,14,15). The van der Waals surface area contributed by atoms with Crippen molar-refractivity contribution >= 4 is 17.6 Å². The lowest BCUT2D eigenvalue weighted by atomic mass is 10.2. The maximum atomic E-state index is 10.9. The van der Waals surface area contributed by atoms with Gasteiger partial charge in [-0.05, 0) is 18.7 Å². The third kappa shape index (κ3) is 3.07. The maximum absolute atomic E-state index is 10.9. The zero-order valence-corrected chi connectivity index (χ0v) is 8.28. The summed E-state index contributed by atoms with van der Waals surface area (Å²) in [6, 6.07) is 7.03. The van der Waals surface area contributed by atoms with Gasteiger partial charge in [-0.25, -0.2) is 4.79 Å². The lowest BCUT2D eigenvalue weighted by Crippen LogP contribution is -2.23. The molecule has 5 heteroatoms. The number of nitrogens with one attached hydrogen (secondary N) is 2. The molecule has 0 radical (unpaired) electrons. The van der Waals surface area contributed by atoms with Crippen molar-refractivity contribution < 1.29 is 14.7 Å². The van der Waals surface area contributed by atoms with Crippen LogP contribution in [-0.2, 0) is 16.1 Å². The molecule has 3 N–H and O–H groups in total. The van der Waals surface area contributed by atoms with Crippen LogP contribution in [0.3, 0.4) is 0 Å². The van der Waals surface area contributed by atoms with Gasteiger partial charge in [0.05, 0.1) is 0 Å². The minimum absolute atomic E-state index is 0.513. The van der Waals surface area contributed by atoms with Crippen molar-refractivity contribution in [3.05, 3.63) is 29.8 Å². The first kappa shape index (κ1) is 11.2. The van der Waals surface area contributed by atoms with Gasteiger partial charge in [-0.15, -0.1) is 0 Å². The molecular weight excluding hydrogens is 196 g/mol. The lowest BCUT2D eigenvalue weighted by Gasteiger charge is -2.08. The molecule has 15 heavy (non-hydrogen) atoms. The fourth-order valence-corrected chi connectivity index (χ4v) is 1.16. The van der Waals surface area contributed by atoms with E-state index in [4.69, 9.17) is 5.11 Å². The van der Waals surface area contributed by atoms with Gasteiger partial charge in [0.15, 0.2) is 0 Å². The fraction of sp³-hybridized carbons (Fsp3) is 0.200. The molecule has 0 aliphatic heterocycles. The molecule has 1 rings (SSSR count). The summed E-state index contributed by atoms with van der Waals surface area (Å²) in [4.78, 5) is 21.3. The highest BCUT2D eigenvalue weighted by atomic mass is 16.4. The number of hydrogen-bond acceptors (Lipinski definition) is 3. The minimum atomic E-state index is -1.49. The first-order chi connectivity index (χ1) is 7.15. The van der Waals surface area contributed by atoms with Gasteiger partial charge in [-0.2, -0.15) is 0 Å². The van der Waals surface area contributed by atoms with E-state index in [0.717, 1.165) is 5.56 Å². The van der Waals surface area contributed by atoms with E-state index in [0.29, 0.717) is 12.2 Å². The monoisotopic (exact) mass is 208 g/mol. The summed E-state index contributed by atoms with van der Waals surface area (Å²) < 4.78 is 0. The summed E-state index contributed by atoms with van der Waals surface area (Å²) in [6.45, 7) is 0.566. The molecule has 0 heterocycles. The van der Waals surface area contributed by atoms with Gasteiger partial charge < -0.3 is 15.7 Å². The summed E-state index contributed by atoms with van der Waals surface area (Å²) in [6.07, 6.45) is 0. The predicted molar refractivity (Wildman–Crippen MR) is 55.5 cm³/mol. The maximum Gasteiger partial charge on any atom is 0.394 e. The molecule has 0 unspecified atom stereocenters. The zero-order chi connectivity index (χ0) is 11.3. The predicted octanol–water partition coefficient (Wildman–Crippen LogP) is 0.429. The molecule has 1 aromatic rings. The molecule has 80 valence electrons. The van der Waals surface area contributed by atoms with Crippen LogP contribution in [0.2, 0.25) is 0 Å². The van der Waals surface area contributed by atoms with Crippen LogP contribution in [0.5, 0.6) is 0 Å². The van der Waals surface area contributed by atoms with E-state index in [1.807, 2.05) is 12.1 Å². The topological polar surface area (TPSA) is 78.4 Å². The molecule has 0 bridgehead atoms. The minimum Gasteiger partial charge on any atom is -0.474 e. The summed E-state index contributed by atoms with van der Waals surface area (Å²) in [5.74, 6) is -2.52. The van der Waals surface area contributed by atoms with E-state index in [9.17, 15) is 9.59 Å². The summed E-state index contributed by atoms with van der Waals surface area (Å²) >= 11 is 0. The van der Waals surface area contributed by atoms with Gasteiger partial charge in [-0.3, -0.25) is 4.79 Å². The molecule has 1 aromatic carbocycles. The van der Waals surface area contributed by atoms with Crippen molar-refractivity contribution in [2.75, 3.05) is 12.4 Å². The van der Waals surface area contributed by atoms with Crippen molar-refractivity contribution in [3.8, 4) is 0 Å². The number of carbonyl (C=O) groups is 2. The van der Waals surface area contributed by atoms with Crippen molar-refractivity contribution in [3.63, 3.8) is 0 Å². The molecule has 1 amide bonds. The second-order valence-electron chi connectivity index (χ2n) is 2.95. The molecular formula is C10H12N2O3. The van der Waals surface area contributed by atoms with Crippen LogP contribution in [0.4, 0.5) is 5.69 Å². The summed E-state index contributed by atoms with van der Waals surface area (Å²) in [5.41, 5.74) is 1.36. The van der Waals surface area contributed by atoms with Crippen LogP contribution in [0.15, 0.2) is 24.3 Å². The zero-order valence-electron chi connectivity index (χ0n) is 8.28. The van der Waals surface area contributed by atoms with E-state index < -0.39 is 11.9 Å². The Morgan fingerprint density at radius 2 is 2.00 bits per heavy atom. The van der Waals surface area contributed by atoms with E-state index >= 15 is 0 Å². The van der Waals surface area contributed by atoms with Crippen molar-refractivity contribution in [1.82, 2.24) is 5.32 Å². The Bertz CT molecular complexity index is 377. The average molecular weight is 208 g/mol. The largest absolute Gasteiger partial charge is 0.474 e. The van der Waals surface area contributed by atoms with Gasteiger partial charge in [0.25, 0.3) is 0 Å². The van der Waals surface area contributed by atoms with Crippen LogP contribution in [-0.4, -0.2) is 24.0 Å². The number of rotatable bonds is 3. The van der Waals surface area contributed by atoms with E-state index in [-0.39, 0.29) is 0 Å². The van der Waals surface area contributed by atoms with Crippen molar-refractivity contribution in [2.45, 2.75) is 6.54 Å². The third-order valence-corrected chi connectivity index (χ3v) is 1.83. The molecule has 0 atom stereocenters. The fourth-order valence-electron chi connectivity index (χ4n) is 1.16. The van der Waals surface area contributed by atoms with Gasteiger partial charge in [-0.1, -0.05) is 18.2 Å². The Morgan fingerprint density at radius 1 is 1.33 bits per heavy atom. The van der Waals surface area contributed by atoms with Gasteiger partial charge >= 0.3 is 11.9 Å².